The lowest BCUT2D eigenvalue weighted by Gasteiger charge is -2.32. The molecule has 1 aliphatic heterocycles. The third-order valence-electron chi connectivity index (χ3n) is 5.10. The fourth-order valence-corrected chi connectivity index (χ4v) is 4.21. The second-order valence-electron chi connectivity index (χ2n) is 7.66. The molecule has 3 rings (SSSR count). The van der Waals surface area contributed by atoms with Crippen LogP contribution in [0.4, 0.5) is 5.82 Å². The van der Waals surface area contributed by atoms with Crippen LogP contribution in [0.2, 0.25) is 0 Å². The fraction of sp³-hybridized carbons (Fsp3) is 0.500. The molecular formula is C22H31N5OS. The second-order valence-corrected chi connectivity index (χ2v) is 8.60. The Balaban J connectivity index is 1.66. The number of thioether (sulfide) groups is 1. The van der Waals surface area contributed by atoms with Crippen LogP contribution in [0.5, 0.6) is 0 Å². The Kier molecular flexibility index (Phi) is 7.50. The first-order valence-electron chi connectivity index (χ1n) is 10.2. The van der Waals surface area contributed by atoms with Crippen molar-refractivity contribution in [2.24, 2.45) is 0 Å². The highest BCUT2D eigenvalue weighted by atomic mass is 32.2. The summed E-state index contributed by atoms with van der Waals surface area (Å²) in [6.45, 7) is 8.58. The van der Waals surface area contributed by atoms with Gasteiger partial charge in [-0.2, -0.15) is 0 Å². The number of anilines is 1. The Bertz CT molecular complexity index is 836. The van der Waals surface area contributed by atoms with Gasteiger partial charge in [0.25, 0.3) is 5.91 Å². The molecule has 0 saturated carbocycles. The van der Waals surface area contributed by atoms with Crippen LogP contribution in [-0.2, 0) is 5.75 Å². The van der Waals surface area contributed by atoms with Crippen LogP contribution in [0.3, 0.4) is 0 Å². The average Bonchev–Trinajstić information content (AvgIpc) is 2.72. The molecule has 7 heteroatoms. The number of benzene rings is 1. The quantitative estimate of drug-likeness (QED) is 0.513. The number of aromatic nitrogens is 2. The molecule has 0 spiro atoms. The van der Waals surface area contributed by atoms with Gasteiger partial charge in [0.15, 0.2) is 5.16 Å². The topological polar surface area (TPSA) is 52.6 Å². The van der Waals surface area contributed by atoms with Gasteiger partial charge in [0.05, 0.1) is 0 Å². The van der Waals surface area contributed by atoms with Crippen molar-refractivity contribution < 1.29 is 4.79 Å². The van der Waals surface area contributed by atoms with Crippen molar-refractivity contribution in [3.63, 3.8) is 0 Å². The molecule has 1 aliphatic rings. The molecule has 2 heterocycles. The predicted octanol–water partition coefficient (Wildman–Crippen LogP) is 3.31. The summed E-state index contributed by atoms with van der Waals surface area (Å²) in [5.74, 6) is 1.82. The molecule has 1 saturated heterocycles. The maximum absolute atomic E-state index is 12.8. The third kappa shape index (κ3) is 5.93. The summed E-state index contributed by atoms with van der Waals surface area (Å²) in [6.07, 6.45) is 1.08. The molecule has 0 radical (unpaired) electrons. The van der Waals surface area contributed by atoms with Gasteiger partial charge in [-0.1, -0.05) is 30.8 Å². The molecule has 2 aromatic rings. The molecule has 29 heavy (non-hydrogen) atoms. The minimum Gasteiger partial charge on any atom is -0.360 e. The number of carbonyl (C=O) groups is 1. The third-order valence-corrected chi connectivity index (χ3v) is 6.02. The number of carbonyl (C=O) groups excluding carboxylic acids is 1. The van der Waals surface area contributed by atoms with Crippen molar-refractivity contribution in [2.45, 2.75) is 31.2 Å². The van der Waals surface area contributed by atoms with Crippen LogP contribution in [0, 0.1) is 6.92 Å². The van der Waals surface area contributed by atoms with E-state index in [2.05, 4.69) is 41.9 Å². The van der Waals surface area contributed by atoms with Gasteiger partial charge in [0, 0.05) is 62.8 Å². The van der Waals surface area contributed by atoms with Crippen molar-refractivity contribution in [1.29, 1.82) is 0 Å². The lowest BCUT2D eigenvalue weighted by atomic mass is 10.1. The van der Waals surface area contributed by atoms with Crippen LogP contribution in [0.15, 0.2) is 35.5 Å². The standard InChI is InChI=1S/C22H31N5OS/c1-5-9-26(4)20-14-17(2)23-22(24-20)29-16-18-7-6-8-19(15-18)21(28)27-12-10-25(3)11-13-27/h6-8,14-15H,5,9-13,16H2,1-4H3. The summed E-state index contributed by atoms with van der Waals surface area (Å²) in [7, 11) is 4.16. The average molecular weight is 414 g/mol. The van der Waals surface area contributed by atoms with Gasteiger partial charge < -0.3 is 14.7 Å². The van der Waals surface area contributed by atoms with Crippen LogP contribution >= 0.6 is 11.8 Å². The minimum atomic E-state index is 0.125. The first kappa shape index (κ1) is 21.6. The number of rotatable bonds is 7. The maximum atomic E-state index is 12.8. The van der Waals surface area contributed by atoms with Gasteiger partial charge >= 0.3 is 0 Å². The number of piperazine rings is 1. The molecule has 1 aromatic heterocycles. The first-order valence-corrected chi connectivity index (χ1v) is 11.2. The van der Waals surface area contributed by atoms with E-state index in [9.17, 15) is 4.79 Å². The van der Waals surface area contributed by atoms with Gasteiger partial charge in [-0.25, -0.2) is 9.97 Å². The Morgan fingerprint density at radius 3 is 2.66 bits per heavy atom. The van der Waals surface area contributed by atoms with Gasteiger partial charge in [-0.3, -0.25) is 4.79 Å². The van der Waals surface area contributed by atoms with Gasteiger partial charge in [-0.15, -0.1) is 0 Å². The normalized spacial score (nSPS) is 14.8. The fourth-order valence-electron chi connectivity index (χ4n) is 3.37. The molecule has 156 valence electrons. The number of amides is 1. The molecule has 0 unspecified atom stereocenters. The van der Waals surface area contributed by atoms with E-state index in [1.807, 2.05) is 36.1 Å². The van der Waals surface area contributed by atoms with Gasteiger partial charge in [0.1, 0.15) is 5.82 Å². The summed E-state index contributed by atoms with van der Waals surface area (Å²) in [5.41, 5.74) is 2.85. The second kappa shape index (κ2) is 10.1. The number of nitrogens with zero attached hydrogens (tertiary/aromatic N) is 5. The van der Waals surface area contributed by atoms with Crippen LogP contribution < -0.4 is 4.90 Å². The molecule has 1 fully saturated rings. The van der Waals surface area contributed by atoms with Crippen molar-refractivity contribution in [3.05, 3.63) is 47.2 Å². The van der Waals surface area contributed by atoms with Crippen molar-refractivity contribution in [2.75, 3.05) is 51.7 Å². The molecule has 1 aromatic carbocycles. The van der Waals surface area contributed by atoms with E-state index in [4.69, 9.17) is 4.98 Å². The van der Waals surface area contributed by atoms with E-state index in [0.717, 1.165) is 72.7 Å². The highest BCUT2D eigenvalue weighted by Crippen LogP contribution is 2.23. The predicted molar refractivity (Wildman–Crippen MR) is 120 cm³/mol. The number of hydrogen-bond acceptors (Lipinski definition) is 6. The summed E-state index contributed by atoms with van der Waals surface area (Å²) in [5, 5.41) is 0.777. The van der Waals surface area contributed by atoms with E-state index >= 15 is 0 Å². The van der Waals surface area contributed by atoms with E-state index in [0.29, 0.717) is 0 Å². The Labute approximate surface area is 178 Å². The smallest absolute Gasteiger partial charge is 0.253 e. The summed E-state index contributed by atoms with van der Waals surface area (Å²) in [6, 6.07) is 9.98. The van der Waals surface area contributed by atoms with Crippen molar-refractivity contribution >= 4 is 23.5 Å². The first-order chi connectivity index (χ1) is 14.0. The molecule has 1 amide bonds. The van der Waals surface area contributed by atoms with E-state index in [1.54, 1.807) is 11.8 Å². The SMILES string of the molecule is CCCN(C)c1cc(C)nc(SCc2cccc(C(=O)N3CCN(C)CC3)c2)n1. The Hall–Kier alpha value is -2.12. The molecule has 0 N–H and O–H groups in total. The summed E-state index contributed by atoms with van der Waals surface area (Å²) in [4.78, 5) is 28.5. The van der Waals surface area contributed by atoms with Crippen molar-refractivity contribution in [3.8, 4) is 0 Å². The largest absolute Gasteiger partial charge is 0.360 e. The van der Waals surface area contributed by atoms with Crippen LogP contribution in [0.25, 0.3) is 0 Å². The molecule has 0 bridgehead atoms. The van der Waals surface area contributed by atoms with Gasteiger partial charge in [0.2, 0.25) is 0 Å². The Morgan fingerprint density at radius 2 is 1.93 bits per heavy atom. The molecular weight excluding hydrogens is 382 g/mol. The van der Waals surface area contributed by atoms with Crippen LogP contribution in [-0.4, -0.2) is 72.5 Å². The zero-order valence-corrected chi connectivity index (χ0v) is 18.7. The summed E-state index contributed by atoms with van der Waals surface area (Å²) < 4.78 is 0. The highest BCUT2D eigenvalue weighted by Gasteiger charge is 2.20. The number of aryl methyl sites for hydroxylation is 1. The Morgan fingerprint density at radius 1 is 1.17 bits per heavy atom. The highest BCUT2D eigenvalue weighted by molar-refractivity contribution is 7.98. The molecule has 0 aliphatic carbocycles. The van der Waals surface area contributed by atoms with Crippen molar-refractivity contribution in [1.82, 2.24) is 19.8 Å². The number of hydrogen-bond donors (Lipinski definition) is 0. The van der Waals surface area contributed by atoms with Gasteiger partial charge in [-0.05, 0) is 38.1 Å². The van der Waals surface area contributed by atoms with E-state index < -0.39 is 0 Å². The lowest BCUT2D eigenvalue weighted by molar-refractivity contribution is 0.0664. The summed E-state index contributed by atoms with van der Waals surface area (Å²) >= 11 is 1.61. The maximum Gasteiger partial charge on any atom is 0.253 e. The van der Waals surface area contributed by atoms with Crippen LogP contribution in [0.1, 0.15) is 35.0 Å². The zero-order chi connectivity index (χ0) is 20.8. The monoisotopic (exact) mass is 413 g/mol. The minimum absolute atomic E-state index is 0.125. The molecule has 6 nitrogen and oxygen atoms in total. The molecule has 0 atom stereocenters. The van der Waals surface area contributed by atoms with E-state index in [1.165, 1.54) is 0 Å². The van der Waals surface area contributed by atoms with E-state index in [-0.39, 0.29) is 5.91 Å². The zero-order valence-electron chi connectivity index (χ0n) is 17.9. The lowest BCUT2D eigenvalue weighted by Crippen LogP contribution is -2.47. The number of likely N-dealkylation sites (N-methyl/N-ethyl adjacent to an activating group) is 1.